The number of anilines is 2. The summed E-state index contributed by atoms with van der Waals surface area (Å²) in [5.41, 5.74) is 0.817. The van der Waals surface area contributed by atoms with E-state index < -0.39 is 0 Å². The minimum Gasteiger partial charge on any atom is -0.495 e. The minimum absolute atomic E-state index is 0.168. The molecule has 1 amide bonds. The molecule has 0 unspecified atom stereocenters. The Morgan fingerprint density at radius 2 is 1.80 bits per heavy atom. The summed E-state index contributed by atoms with van der Waals surface area (Å²) in [5.74, 6) is 1.38. The minimum atomic E-state index is -0.319. The molecule has 6 nitrogen and oxygen atoms in total. The third-order valence-corrected chi connectivity index (χ3v) is 3.54. The number of aromatic nitrogens is 1. The van der Waals surface area contributed by atoms with Crippen LogP contribution < -0.4 is 20.1 Å². The summed E-state index contributed by atoms with van der Waals surface area (Å²) in [6.45, 7) is 5.78. The SMILES string of the molecule is COc1cc(Nc2cc(C(=O)NC(C)(C)C)ccn2)c(OC)cc1Cl. The normalized spacial score (nSPS) is 11.0. The molecule has 134 valence electrons. The fourth-order valence-corrected chi connectivity index (χ4v) is 2.38. The number of rotatable bonds is 5. The van der Waals surface area contributed by atoms with Crippen molar-refractivity contribution in [3.63, 3.8) is 0 Å². The molecule has 2 aromatic rings. The van der Waals surface area contributed by atoms with Gasteiger partial charge in [0.15, 0.2) is 0 Å². The van der Waals surface area contributed by atoms with Crippen molar-refractivity contribution in [3.8, 4) is 11.5 Å². The van der Waals surface area contributed by atoms with Crippen LogP contribution in [0.25, 0.3) is 0 Å². The highest BCUT2D eigenvalue weighted by atomic mass is 35.5. The highest BCUT2D eigenvalue weighted by molar-refractivity contribution is 6.32. The van der Waals surface area contributed by atoms with Gasteiger partial charge in [0, 0.05) is 29.4 Å². The van der Waals surface area contributed by atoms with E-state index in [1.165, 1.54) is 7.11 Å². The van der Waals surface area contributed by atoms with Crippen LogP contribution in [0.3, 0.4) is 0 Å². The van der Waals surface area contributed by atoms with Gasteiger partial charge in [-0.2, -0.15) is 0 Å². The number of hydrogen-bond acceptors (Lipinski definition) is 5. The smallest absolute Gasteiger partial charge is 0.251 e. The highest BCUT2D eigenvalue weighted by Gasteiger charge is 2.16. The molecule has 0 aliphatic carbocycles. The molecular weight excluding hydrogens is 342 g/mol. The van der Waals surface area contributed by atoms with Crippen molar-refractivity contribution in [2.24, 2.45) is 0 Å². The molecule has 25 heavy (non-hydrogen) atoms. The maximum Gasteiger partial charge on any atom is 0.251 e. The topological polar surface area (TPSA) is 72.5 Å². The van der Waals surface area contributed by atoms with Crippen LogP contribution >= 0.6 is 11.6 Å². The van der Waals surface area contributed by atoms with E-state index >= 15 is 0 Å². The van der Waals surface area contributed by atoms with Gasteiger partial charge >= 0.3 is 0 Å². The second-order valence-electron chi connectivity index (χ2n) is 6.45. The number of carbonyl (C=O) groups is 1. The lowest BCUT2D eigenvalue weighted by Crippen LogP contribution is -2.40. The first kappa shape index (κ1) is 18.9. The van der Waals surface area contributed by atoms with Crippen LogP contribution in [0.2, 0.25) is 5.02 Å². The zero-order valence-corrected chi connectivity index (χ0v) is 15.7. The van der Waals surface area contributed by atoms with Gasteiger partial charge < -0.3 is 20.1 Å². The van der Waals surface area contributed by atoms with Crippen LogP contribution in [0.4, 0.5) is 11.5 Å². The second-order valence-corrected chi connectivity index (χ2v) is 6.85. The molecule has 0 aliphatic rings. The third kappa shape index (κ3) is 5.00. The Morgan fingerprint density at radius 1 is 1.12 bits per heavy atom. The molecule has 1 aromatic heterocycles. The molecule has 7 heteroatoms. The Kier molecular flexibility index (Phi) is 5.74. The summed E-state index contributed by atoms with van der Waals surface area (Å²) < 4.78 is 10.6. The van der Waals surface area contributed by atoms with Crippen LogP contribution in [0, 0.1) is 0 Å². The number of ether oxygens (including phenoxy) is 2. The van der Waals surface area contributed by atoms with Gasteiger partial charge in [0.1, 0.15) is 17.3 Å². The van der Waals surface area contributed by atoms with Gasteiger partial charge in [-0.05, 0) is 32.9 Å². The Balaban J connectivity index is 2.29. The molecule has 1 heterocycles. The van der Waals surface area contributed by atoms with Crippen LogP contribution in [0.15, 0.2) is 30.5 Å². The fraction of sp³-hybridized carbons (Fsp3) is 0.333. The van der Waals surface area contributed by atoms with Crippen molar-refractivity contribution in [2.75, 3.05) is 19.5 Å². The first-order valence-electron chi connectivity index (χ1n) is 7.70. The molecule has 2 N–H and O–H groups in total. The fourth-order valence-electron chi connectivity index (χ4n) is 2.15. The summed E-state index contributed by atoms with van der Waals surface area (Å²) in [7, 11) is 3.08. The number of methoxy groups -OCH3 is 2. The van der Waals surface area contributed by atoms with Crippen LogP contribution in [-0.4, -0.2) is 30.6 Å². The summed E-state index contributed by atoms with van der Waals surface area (Å²) in [4.78, 5) is 16.6. The van der Waals surface area contributed by atoms with Crippen molar-refractivity contribution < 1.29 is 14.3 Å². The van der Waals surface area contributed by atoms with Crippen LogP contribution in [0.5, 0.6) is 11.5 Å². The van der Waals surface area contributed by atoms with Crippen molar-refractivity contribution in [1.29, 1.82) is 0 Å². The number of pyridine rings is 1. The molecule has 0 aliphatic heterocycles. The number of carbonyl (C=O) groups excluding carboxylic acids is 1. The molecule has 0 spiro atoms. The molecule has 0 atom stereocenters. The maximum absolute atomic E-state index is 12.3. The Labute approximate surface area is 152 Å². The molecule has 0 saturated carbocycles. The van der Waals surface area contributed by atoms with E-state index in [4.69, 9.17) is 21.1 Å². The van der Waals surface area contributed by atoms with Gasteiger partial charge in [-0.25, -0.2) is 4.98 Å². The number of benzene rings is 1. The summed E-state index contributed by atoms with van der Waals surface area (Å²) >= 11 is 6.11. The van der Waals surface area contributed by atoms with Gasteiger partial charge in [0.05, 0.1) is 24.9 Å². The molecular formula is C18H22ClN3O3. The maximum atomic E-state index is 12.3. The Morgan fingerprint density at radius 3 is 2.40 bits per heavy atom. The zero-order chi connectivity index (χ0) is 18.6. The van der Waals surface area contributed by atoms with Gasteiger partial charge in [-0.15, -0.1) is 0 Å². The molecule has 0 radical (unpaired) electrons. The average Bonchev–Trinajstić information content (AvgIpc) is 2.54. The van der Waals surface area contributed by atoms with Gasteiger partial charge in [0.25, 0.3) is 5.91 Å². The van der Waals surface area contributed by atoms with E-state index in [1.54, 1.807) is 37.6 Å². The number of halogens is 1. The first-order chi connectivity index (χ1) is 11.7. The summed E-state index contributed by atoms with van der Waals surface area (Å²) in [5, 5.41) is 6.49. The standard InChI is InChI=1S/C18H22ClN3O3/c1-18(2,3)22-17(23)11-6-7-20-16(8-11)21-13-10-14(24-4)12(19)9-15(13)25-5/h6-10H,1-5H3,(H,20,21)(H,22,23). The number of nitrogens with zero attached hydrogens (tertiary/aromatic N) is 1. The Hall–Kier alpha value is -2.47. The van der Waals surface area contributed by atoms with Crippen molar-refractivity contribution >= 4 is 29.0 Å². The highest BCUT2D eigenvalue weighted by Crippen LogP contribution is 2.37. The largest absolute Gasteiger partial charge is 0.495 e. The van der Waals surface area contributed by atoms with Crippen LogP contribution in [0.1, 0.15) is 31.1 Å². The zero-order valence-electron chi connectivity index (χ0n) is 14.9. The van der Waals surface area contributed by atoms with Crippen molar-refractivity contribution in [3.05, 3.63) is 41.0 Å². The van der Waals surface area contributed by atoms with E-state index in [0.717, 1.165) is 0 Å². The van der Waals surface area contributed by atoms with E-state index in [0.29, 0.717) is 33.6 Å². The van der Waals surface area contributed by atoms with Gasteiger partial charge in [-0.1, -0.05) is 11.6 Å². The second kappa shape index (κ2) is 7.61. The quantitative estimate of drug-likeness (QED) is 0.839. The first-order valence-corrected chi connectivity index (χ1v) is 8.08. The van der Waals surface area contributed by atoms with E-state index in [-0.39, 0.29) is 11.4 Å². The number of nitrogens with one attached hydrogen (secondary N) is 2. The van der Waals surface area contributed by atoms with Crippen molar-refractivity contribution in [2.45, 2.75) is 26.3 Å². The molecule has 0 bridgehead atoms. The predicted molar refractivity (Wildman–Crippen MR) is 99.3 cm³/mol. The average molecular weight is 364 g/mol. The Bertz CT molecular complexity index is 773. The van der Waals surface area contributed by atoms with E-state index in [9.17, 15) is 4.79 Å². The number of hydrogen-bond donors (Lipinski definition) is 2. The van der Waals surface area contributed by atoms with E-state index in [1.807, 2.05) is 20.8 Å². The summed E-state index contributed by atoms with van der Waals surface area (Å²) in [6.07, 6.45) is 1.57. The van der Waals surface area contributed by atoms with E-state index in [2.05, 4.69) is 15.6 Å². The molecule has 0 saturated heterocycles. The summed E-state index contributed by atoms with van der Waals surface area (Å²) in [6, 6.07) is 6.69. The van der Waals surface area contributed by atoms with Gasteiger partial charge in [-0.3, -0.25) is 4.79 Å². The lowest BCUT2D eigenvalue weighted by molar-refractivity contribution is 0.0919. The molecule has 1 aromatic carbocycles. The number of amides is 1. The van der Waals surface area contributed by atoms with Gasteiger partial charge in [0.2, 0.25) is 0 Å². The lowest BCUT2D eigenvalue weighted by atomic mass is 10.1. The van der Waals surface area contributed by atoms with Crippen LogP contribution in [-0.2, 0) is 0 Å². The lowest BCUT2D eigenvalue weighted by Gasteiger charge is -2.20. The van der Waals surface area contributed by atoms with Crippen molar-refractivity contribution in [1.82, 2.24) is 10.3 Å². The molecule has 2 rings (SSSR count). The predicted octanol–water partition coefficient (Wildman–Crippen LogP) is 4.02. The third-order valence-electron chi connectivity index (χ3n) is 3.25. The molecule has 0 fully saturated rings. The monoisotopic (exact) mass is 363 g/mol.